The predicted molar refractivity (Wildman–Crippen MR) is 253 cm³/mol. The Kier molecular flexibility index (Phi) is 40.5. The van der Waals surface area contributed by atoms with Gasteiger partial charge in [-0.25, -0.2) is 9.13 Å². The van der Waals surface area contributed by atoms with Crippen LogP contribution in [-0.2, 0) is 41.8 Å². The molecule has 0 spiro atoms. The van der Waals surface area contributed by atoms with Crippen LogP contribution in [0.4, 0.5) is 0 Å². The molecule has 358 valence electrons. The second kappa shape index (κ2) is 42.7. The Balaban J connectivity index is 4.72. The van der Waals surface area contributed by atoms with E-state index in [1.807, 2.05) is 30.4 Å². The molecule has 0 bridgehead atoms. The lowest BCUT2D eigenvalue weighted by Gasteiger charge is -2.20. The summed E-state index contributed by atoms with van der Waals surface area (Å²) < 4.78 is 47.7. The maximum atomic E-state index is 12.7. The molecule has 0 aromatic carbocycles. The van der Waals surface area contributed by atoms with Gasteiger partial charge in [0.05, 0.1) is 19.8 Å². The molecule has 0 aliphatic carbocycles. The van der Waals surface area contributed by atoms with Gasteiger partial charge in [0.2, 0.25) is 0 Å². The number of phosphoric acid groups is 2. The number of hydrogen-bond donors (Lipinski definition) is 4. The average molecular weight is 925 g/mol. The van der Waals surface area contributed by atoms with Crippen LogP contribution in [0.5, 0.6) is 0 Å². The first-order valence-corrected chi connectivity index (χ1v) is 25.6. The molecule has 0 radical (unpaired) electrons. The largest absolute Gasteiger partial charge is 0.472 e. The standard InChI is InChI=1S/C48H78O13P2/c1-3-5-7-9-11-13-15-17-19-21-22-24-25-27-29-31-33-35-37-39-47(50)57-43-46(44-60-63(55,56)59-42-45(49)41-58-62(52,53)54)61-48(51)40-38-36-34-32-30-28-26-23-20-18-16-14-12-10-8-6-4-2/h5,7,11,13,17-20,22,24,26-29,32-35,45-46,49H,3-4,6,8-10,12,14-16,21,23,25,30-31,36-44H2,1-2H3,(H,55,56)(H2,52,53,54)/b7-5-,13-11-,19-17-,20-18-,24-22-,28-26-,29-27-,34-32-,35-33-/t45-,46+/m0/s1. The van der Waals surface area contributed by atoms with Crippen LogP contribution in [-0.4, -0.2) is 70.4 Å². The van der Waals surface area contributed by atoms with Crippen LogP contribution < -0.4 is 0 Å². The molecule has 15 heteroatoms. The number of aliphatic hydroxyl groups is 1. The zero-order valence-electron chi connectivity index (χ0n) is 37.9. The van der Waals surface area contributed by atoms with Gasteiger partial charge in [0.25, 0.3) is 0 Å². The fourth-order valence-corrected chi connectivity index (χ4v) is 6.43. The van der Waals surface area contributed by atoms with E-state index < -0.39 is 66.2 Å². The molecule has 0 aromatic rings. The maximum Gasteiger partial charge on any atom is 0.472 e. The second-order valence-electron chi connectivity index (χ2n) is 14.6. The monoisotopic (exact) mass is 924 g/mol. The second-order valence-corrected chi connectivity index (χ2v) is 17.3. The van der Waals surface area contributed by atoms with Gasteiger partial charge in [0.1, 0.15) is 12.7 Å². The van der Waals surface area contributed by atoms with Crippen LogP contribution >= 0.6 is 15.6 Å². The Morgan fingerprint density at radius 1 is 0.476 bits per heavy atom. The molecule has 0 saturated carbocycles. The van der Waals surface area contributed by atoms with Crippen molar-refractivity contribution in [1.82, 2.24) is 0 Å². The van der Waals surface area contributed by atoms with Crippen LogP contribution in [0.2, 0.25) is 0 Å². The summed E-state index contributed by atoms with van der Waals surface area (Å²) in [5.74, 6) is -1.20. The van der Waals surface area contributed by atoms with Crippen LogP contribution in [0, 0.1) is 0 Å². The summed E-state index contributed by atoms with van der Waals surface area (Å²) in [6.45, 7) is 1.48. The number of esters is 2. The van der Waals surface area contributed by atoms with Gasteiger partial charge >= 0.3 is 27.6 Å². The first kappa shape index (κ1) is 59.8. The van der Waals surface area contributed by atoms with Gasteiger partial charge in [-0.15, -0.1) is 0 Å². The lowest BCUT2D eigenvalue weighted by atomic mass is 10.1. The normalized spacial score (nSPS) is 15.0. The van der Waals surface area contributed by atoms with Gasteiger partial charge in [0.15, 0.2) is 6.10 Å². The van der Waals surface area contributed by atoms with Crippen molar-refractivity contribution >= 4 is 27.6 Å². The van der Waals surface area contributed by atoms with Crippen molar-refractivity contribution in [3.05, 3.63) is 109 Å². The minimum absolute atomic E-state index is 0.0375. The molecule has 0 rings (SSSR count). The highest BCUT2D eigenvalue weighted by Crippen LogP contribution is 2.43. The highest BCUT2D eigenvalue weighted by Gasteiger charge is 2.28. The number of rotatable bonds is 41. The van der Waals surface area contributed by atoms with Crippen LogP contribution in [0.15, 0.2) is 109 Å². The lowest BCUT2D eigenvalue weighted by molar-refractivity contribution is -0.161. The van der Waals surface area contributed by atoms with E-state index in [0.717, 1.165) is 51.4 Å². The molecular weight excluding hydrogens is 846 g/mol. The van der Waals surface area contributed by atoms with E-state index in [9.17, 15) is 28.7 Å². The van der Waals surface area contributed by atoms with Crippen molar-refractivity contribution in [2.45, 2.75) is 154 Å². The SMILES string of the molecule is CC/C=C\C/C=C\C/C=C\C/C=C\C/C=C\C/C=C\CCC(=O)OC[C@H](COP(=O)(O)OC[C@@H](O)COP(=O)(O)O)OC(=O)CCC/C=C\C/C=C\C/C=C\CCCCCCCC. The summed E-state index contributed by atoms with van der Waals surface area (Å²) in [5.41, 5.74) is 0. The number of unbranched alkanes of at least 4 members (excludes halogenated alkanes) is 7. The Morgan fingerprint density at radius 3 is 1.41 bits per heavy atom. The quantitative estimate of drug-likeness (QED) is 0.0196. The first-order valence-electron chi connectivity index (χ1n) is 22.6. The zero-order valence-corrected chi connectivity index (χ0v) is 39.7. The summed E-state index contributed by atoms with van der Waals surface area (Å²) in [6.07, 6.45) is 52.5. The highest BCUT2D eigenvalue weighted by atomic mass is 31.2. The van der Waals surface area contributed by atoms with Crippen molar-refractivity contribution in [2.75, 3.05) is 26.4 Å². The Hall–Kier alpha value is -3.22. The van der Waals surface area contributed by atoms with Gasteiger partial charge in [-0.2, -0.15) is 0 Å². The van der Waals surface area contributed by atoms with E-state index in [4.69, 9.17) is 23.8 Å². The Bertz CT molecular complexity index is 1520. The van der Waals surface area contributed by atoms with Crippen LogP contribution in [0.3, 0.4) is 0 Å². The number of carbonyl (C=O) groups is 2. The van der Waals surface area contributed by atoms with Gasteiger partial charge < -0.3 is 29.3 Å². The van der Waals surface area contributed by atoms with Crippen molar-refractivity contribution in [1.29, 1.82) is 0 Å². The molecule has 0 saturated heterocycles. The van der Waals surface area contributed by atoms with E-state index in [-0.39, 0.29) is 12.8 Å². The van der Waals surface area contributed by atoms with Crippen molar-refractivity contribution < 1.29 is 61.6 Å². The summed E-state index contributed by atoms with van der Waals surface area (Å²) in [4.78, 5) is 52.7. The summed E-state index contributed by atoms with van der Waals surface area (Å²) >= 11 is 0. The molecule has 4 N–H and O–H groups in total. The van der Waals surface area contributed by atoms with E-state index in [0.29, 0.717) is 25.7 Å². The van der Waals surface area contributed by atoms with Crippen LogP contribution in [0.25, 0.3) is 0 Å². The Morgan fingerprint density at radius 2 is 0.905 bits per heavy atom. The molecule has 63 heavy (non-hydrogen) atoms. The highest BCUT2D eigenvalue weighted by molar-refractivity contribution is 7.47. The fraction of sp³-hybridized carbons (Fsp3) is 0.583. The molecule has 0 fully saturated rings. The third-order valence-corrected chi connectivity index (χ3v) is 10.1. The number of allylic oxidation sites excluding steroid dienone is 18. The van der Waals surface area contributed by atoms with E-state index in [1.54, 1.807) is 0 Å². The molecule has 0 aliphatic rings. The van der Waals surface area contributed by atoms with Crippen LogP contribution in [0.1, 0.15) is 142 Å². The molecule has 0 heterocycles. The van der Waals surface area contributed by atoms with E-state index >= 15 is 0 Å². The minimum atomic E-state index is -4.88. The smallest absolute Gasteiger partial charge is 0.462 e. The number of aliphatic hydroxyl groups excluding tert-OH is 1. The topological polar surface area (TPSA) is 195 Å². The zero-order chi connectivity index (χ0) is 46.5. The summed E-state index contributed by atoms with van der Waals surface area (Å²) in [6, 6.07) is 0. The van der Waals surface area contributed by atoms with Gasteiger partial charge in [-0.3, -0.25) is 23.2 Å². The average Bonchev–Trinajstić information content (AvgIpc) is 3.24. The molecule has 3 atom stereocenters. The summed E-state index contributed by atoms with van der Waals surface area (Å²) in [5, 5.41) is 9.75. The number of ether oxygens (including phenoxy) is 2. The third kappa shape index (κ3) is 46.6. The molecule has 0 aliphatic heterocycles. The molecule has 0 amide bonds. The van der Waals surface area contributed by atoms with E-state index in [1.165, 1.54) is 38.5 Å². The van der Waals surface area contributed by atoms with Crippen molar-refractivity contribution in [3.63, 3.8) is 0 Å². The molecule has 1 unspecified atom stereocenters. The number of carbonyl (C=O) groups excluding carboxylic acids is 2. The Labute approximate surface area is 378 Å². The van der Waals surface area contributed by atoms with Gasteiger partial charge in [-0.1, -0.05) is 155 Å². The van der Waals surface area contributed by atoms with Gasteiger partial charge in [-0.05, 0) is 83.5 Å². The first-order chi connectivity index (χ1) is 30.4. The van der Waals surface area contributed by atoms with Crippen molar-refractivity contribution in [3.8, 4) is 0 Å². The fourth-order valence-electron chi connectivity index (χ4n) is 5.27. The number of hydrogen-bond acceptors (Lipinski definition) is 10. The molecule has 13 nitrogen and oxygen atoms in total. The maximum absolute atomic E-state index is 12.7. The minimum Gasteiger partial charge on any atom is -0.462 e. The van der Waals surface area contributed by atoms with Gasteiger partial charge in [0, 0.05) is 12.8 Å². The predicted octanol–water partition coefficient (Wildman–Crippen LogP) is 11.9. The number of phosphoric ester groups is 2. The summed E-state index contributed by atoms with van der Waals surface area (Å²) in [7, 11) is -9.73. The molecule has 0 aromatic heterocycles. The van der Waals surface area contributed by atoms with Crippen molar-refractivity contribution in [2.24, 2.45) is 0 Å². The third-order valence-electron chi connectivity index (χ3n) is 8.65. The molecular formula is C48H78O13P2. The van der Waals surface area contributed by atoms with E-state index in [2.05, 4.69) is 102 Å². The lowest BCUT2D eigenvalue weighted by Crippen LogP contribution is -2.29.